The highest BCUT2D eigenvalue weighted by atomic mass is 15.2. The average Bonchev–Trinajstić information content (AvgIpc) is 3.03. The summed E-state index contributed by atoms with van der Waals surface area (Å²) in [5.41, 5.74) is 10.8. The number of aromatic nitrogens is 3. The molecule has 4 rings (SSSR count). The fourth-order valence-corrected chi connectivity index (χ4v) is 3.53. The van der Waals surface area contributed by atoms with E-state index in [0.29, 0.717) is 5.82 Å². The number of nitrogens with zero attached hydrogens (tertiary/aromatic N) is 3. The zero-order valence-corrected chi connectivity index (χ0v) is 14.5. The summed E-state index contributed by atoms with van der Waals surface area (Å²) >= 11 is 0. The Labute approximate surface area is 147 Å². The van der Waals surface area contributed by atoms with Gasteiger partial charge in [-0.25, -0.2) is 4.98 Å². The lowest BCUT2D eigenvalue weighted by molar-refractivity contribution is 0.245. The number of fused-ring (bicyclic) bond motifs is 3. The molecule has 0 aliphatic carbocycles. The van der Waals surface area contributed by atoms with Gasteiger partial charge in [-0.05, 0) is 12.0 Å². The van der Waals surface area contributed by atoms with Gasteiger partial charge in [-0.2, -0.15) is 5.10 Å². The molecule has 1 aromatic carbocycles. The number of hydrogen-bond acceptors (Lipinski definition) is 5. The van der Waals surface area contributed by atoms with Gasteiger partial charge in [0.15, 0.2) is 11.6 Å². The van der Waals surface area contributed by atoms with Crippen LogP contribution in [0.4, 0.5) is 11.6 Å². The predicted octanol–water partition coefficient (Wildman–Crippen LogP) is 2.92. The second-order valence-corrected chi connectivity index (χ2v) is 6.62. The molecule has 0 spiro atoms. The first kappa shape index (κ1) is 15.9. The molecule has 0 bridgehead atoms. The minimum absolute atomic E-state index is 0.565. The molecule has 25 heavy (non-hydrogen) atoms. The summed E-state index contributed by atoms with van der Waals surface area (Å²) in [6.07, 6.45) is 1.98. The maximum Gasteiger partial charge on any atom is 0.153 e. The van der Waals surface area contributed by atoms with Crippen molar-refractivity contribution in [3.63, 3.8) is 0 Å². The largest absolute Gasteiger partial charge is 0.382 e. The number of pyridine rings is 1. The first-order chi connectivity index (χ1) is 12.3. The second kappa shape index (κ2) is 6.72. The third-order valence-electron chi connectivity index (χ3n) is 4.77. The fourth-order valence-electron chi connectivity index (χ4n) is 3.53. The van der Waals surface area contributed by atoms with Crippen LogP contribution in [0.1, 0.15) is 30.2 Å². The molecule has 0 atom stereocenters. The van der Waals surface area contributed by atoms with Crippen LogP contribution >= 0.6 is 0 Å². The van der Waals surface area contributed by atoms with Gasteiger partial charge in [-0.3, -0.25) is 10.00 Å². The van der Waals surface area contributed by atoms with Crippen molar-refractivity contribution >= 4 is 22.5 Å². The molecule has 0 saturated heterocycles. The summed E-state index contributed by atoms with van der Waals surface area (Å²) in [6, 6.07) is 10.6. The van der Waals surface area contributed by atoms with Crippen molar-refractivity contribution in [1.82, 2.24) is 20.1 Å². The van der Waals surface area contributed by atoms with Gasteiger partial charge in [-0.15, -0.1) is 0 Å². The second-order valence-electron chi connectivity index (χ2n) is 6.62. The van der Waals surface area contributed by atoms with E-state index in [0.717, 1.165) is 61.4 Å². The standard InChI is InChI=1S/C19H24N6/c1-2-9-21-19-17-16(18(20)24-23-17)14-12-25(10-8-15(14)22-19)11-13-6-4-3-5-7-13/h3-7H,2,8-12H2,1H3,(H,21,22)(H3,20,23,24). The summed E-state index contributed by atoms with van der Waals surface area (Å²) in [5, 5.41) is 11.7. The van der Waals surface area contributed by atoms with Crippen molar-refractivity contribution in [2.24, 2.45) is 0 Å². The van der Waals surface area contributed by atoms with Crippen molar-refractivity contribution in [1.29, 1.82) is 0 Å². The van der Waals surface area contributed by atoms with E-state index in [-0.39, 0.29) is 0 Å². The number of rotatable bonds is 5. The van der Waals surface area contributed by atoms with Crippen LogP contribution in [0.15, 0.2) is 30.3 Å². The fraction of sp³-hybridized carbons (Fsp3) is 0.368. The average molecular weight is 336 g/mol. The minimum Gasteiger partial charge on any atom is -0.382 e. The third kappa shape index (κ3) is 3.05. The van der Waals surface area contributed by atoms with Crippen molar-refractivity contribution in [3.8, 4) is 0 Å². The van der Waals surface area contributed by atoms with Crippen LogP contribution in [0.2, 0.25) is 0 Å². The van der Waals surface area contributed by atoms with Gasteiger partial charge < -0.3 is 11.1 Å². The Balaban J connectivity index is 1.67. The smallest absolute Gasteiger partial charge is 0.153 e. The summed E-state index contributed by atoms with van der Waals surface area (Å²) in [7, 11) is 0. The molecule has 0 saturated carbocycles. The molecule has 130 valence electrons. The lowest BCUT2D eigenvalue weighted by atomic mass is 10.0. The summed E-state index contributed by atoms with van der Waals surface area (Å²) in [5.74, 6) is 1.44. The van der Waals surface area contributed by atoms with E-state index >= 15 is 0 Å². The van der Waals surface area contributed by atoms with E-state index < -0.39 is 0 Å². The van der Waals surface area contributed by atoms with E-state index in [9.17, 15) is 0 Å². The van der Waals surface area contributed by atoms with Crippen LogP contribution in [-0.4, -0.2) is 33.2 Å². The molecule has 0 amide bonds. The molecule has 3 heterocycles. The topological polar surface area (TPSA) is 82.9 Å². The first-order valence-electron chi connectivity index (χ1n) is 8.91. The SMILES string of the molecule is CCCNc1nc2c(c3c(N)n[nH]c13)CN(Cc1ccccc1)CC2. The Kier molecular flexibility index (Phi) is 4.28. The van der Waals surface area contributed by atoms with Crippen LogP contribution < -0.4 is 11.1 Å². The molecular weight excluding hydrogens is 312 g/mol. The molecule has 6 heteroatoms. The first-order valence-corrected chi connectivity index (χ1v) is 8.91. The Hall–Kier alpha value is -2.60. The van der Waals surface area contributed by atoms with Crippen LogP contribution in [0.3, 0.4) is 0 Å². The number of benzene rings is 1. The van der Waals surface area contributed by atoms with Gasteiger partial charge in [0.25, 0.3) is 0 Å². The Morgan fingerprint density at radius 3 is 2.92 bits per heavy atom. The third-order valence-corrected chi connectivity index (χ3v) is 4.77. The summed E-state index contributed by atoms with van der Waals surface area (Å²) in [6.45, 7) is 5.83. The zero-order valence-electron chi connectivity index (χ0n) is 14.5. The molecule has 6 nitrogen and oxygen atoms in total. The van der Waals surface area contributed by atoms with E-state index in [1.54, 1.807) is 0 Å². The highest BCUT2D eigenvalue weighted by Gasteiger charge is 2.24. The molecular formula is C19H24N6. The van der Waals surface area contributed by atoms with Crippen molar-refractivity contribution in [2.45, 2.75) is 32.9 Å². The Morgan fingerprint density at radius 2 is 2.12 bits per heavy atom. The number of H-pyrrole nitrogens is 1. The number of aromatic amines is 1. The minimum atomic E-state index is 0.565. The molecule has 0 radical (unpaired) electrons. The molecule has 2 aromatic heterocycles. The van der Waals surface area contributed by atoms with Crippen LogP contribution in [0.25, 0.3) is 10.9 Å². The van der Waals surface area contributed by atoms with Gasteiger partial charge >= 0.3 is 0 Å². The van der Waals surface area contributed by atoms with Crippen LogP contribution in [-0.2, 0) is 19.5 Å². The summed E-state index contributed by atoms with van der Waals surface area (Å²) in [4.78, 5) is 7.32. The highest BCUT2D eigenvalue weighted by Crippen LogP contribution is 2.33. The highest BCUT2D eigenvalue weighted by molar-refractivity contribution is 5.98. The van der Waals surface area contributed by atoms with E-state index in [4.69, 9.17) is 10.7 Å². The Morgan fingerprint density at radius 1 is 1.28 bits per heavy atom. The quantitative estimate of drug-likeness (QED) is 0.667. The monoisotopic (exact) mass is 336 g/mol. The van der Waals surface area contributed by atoms with E-state index in [1.807, 2.05) is 0 Å². The number of anilines is 2. The van der Waals surface area contributed by atoms with Crippen molar-refractivity contribution < 1.29 is 0 Å². The van der Waals surface area contributed by atoms with Crippen LogP contribution in [0, 0.1) is 0 Å². The molecule has 1 aliphatic heterocycles. The number of hydrogen-bond donors (Lipinski definition) is 3. The molecule has 0 fully saturated rings. The van der Waals surface area contributed by atoms with Gasteiger partial charge in [0.2, 0.25) is 0 Å². The van der Waals surface area contributed by atoms with E-state index in [2.05, 4.69) is 57.7 Å². The van der Waals surface area contributed by atoms with Crippen molar-refractivity contribution in [3.05, 3.63) is 47.2 Å². The molecule has 3 aromatic rings. The van der Waals surface area contributed by atoms with Gasteiger partial charge in [0.1, 0.15) is 5.52 Å². The van der Waals surface area contributed by atoms with Gasteiger partial charge in [-0.1, -0.05) is 37.3 Å². The zero-order chi connectivity index (χ0) is 17.2. The summed E-state index contributed by atoms with van der Waals surface area (Å²) < 4.78 is 0. The number of nitrogens with one attached hydrogen (secondary N) is 2. The number of nitrogens with two attached hydrogens (primary N) is 1. The molecule has 1 aliphatic rings. The van der Waals surface area contributed by atoms with Gasteiger partial charge in [0.05, 0.1) is 5.39 Å². The lowest BCUT2D eigenvalue weighted by Crippen LogP contribution is -2.31. The van der Waals surface area contributed by atoms with Crippen molar-refractivity contribution in [2.75, 3.05) is 24.1 Å². The lowest BCUT2D eigenvalue weighted by Gasteiger charge is -2.29. The maximum atomic E-state index is 6.18. The van der Waals surface area contributed by atoms with Crippen LogP contribution in [0.5, 0.6) is 0 Å². The maximum absolute atomic E-state index is 6.18. The predicted molar refractivity (Wildman–Crippen MR) is 101 cm³/mol. The van der Waals surface area contributed by atoms with Gasteiger partial charge in [0, 0.05) is 43.9 Å². The van der Waals surface area contributed by atoms with E-state index in [1.165, 1.54) is 11.1 Å². The number of nitrogen functional groups attached to an aromatic ring is 1. The Bertz CT molecular complexity index is 871. The molecule has 4 N–H and O–H groups in total. The molecule has 0 unspecified atom stereocenters. The normalized spacial score (nSPS) is 14.6.